The topological polar surface area (TPSA) is 71.3 Å². The quantitative estimate of drug-likeness (QED) is 0.779. The summed E-state index contributed by atoms with van der Waals surface area (Å²) in [5, 5.41) is 6.95. The first-order chi connectivity index (χ1) is 8.66. The predicted octanol–water partition coefficient (Wildman–Crippen LogP) is 1.62. The maximum atomic E-state index is 11.4. The van der Waals surface area contributed by atoms with E-state index in [1.807, 2.05) is 18.7 Å². The lowest BCUT2D eigenvalue weighted by Gasteiger charge is -2.14. The molecule has 0 saturated carbocycles. The van der Waals surface area contributed by atoms with Crippen LogP contribution in [0.3, 0.4) is 0 Å². The summed E-state index contributed by atoms with van der Waals surface area (Å²) in [7, 11) is 0. The van der Waals surface area contributed by atoms with Crippen molar-refractivity contribution in [3.05, 3.63) is 5.82 Å². The van der Waals surface area contributed by atoms with Gasteiger partial charge in [0.15, 0.2) is 5.82 Å². The van der Waals surface area contributed by atoms with Gasteiger partial charge in [0.2, 0.25) is 5.91 Å². The molecule has 0 spiro atoms. The molecule has 0 bridgehead atoms. The van der Waals surface area contributed by atoms with Gasteiger partial charge in [0, 0.05) is 32.0 Å². The van der Waals surface area contributed by atoms with Crippen molar-refractivity contribution in [1.29, 1.82) is 0 Å². The van der Waals surface area contributed by atoms with Gasteiger partial charge < -0.3 is 14.7 Å². The number of hydrogen-bond acceptors (Lipinski definition) is 5. The fraction of sp³-hybridized carbons (Fsp3) is 0.750. The highest BCUT2D eigenvalue weighted by molar-refractivity contribution is 5.77. The fourth-order valence-corrected chi connectivity index (χ4v) is 1.95. The highest BCUT2D eigenvalue weighted by atomic mass is 16.5. The molecule has 2 rings (SSSR count). The van der Waals surface area contributed by atoms with E-state index in [4.69, 9.17) is 4.52 Å². The fourth-order valence-electron chi connectivity index (χ4n) is 1.95. The minimum Gasteiger partial charge on any atom is -0.343 e. The van der Waals surface area contributed by atoms with E-state index in [2.05, 4.69) is 15.5 Å². The van der Waals surface area contributed by atoms with Crippen LogP contribution in [0.2, 0.25) is 0 Å². The summed E-state index contributed by atoms with van der Waals surface area (Å²) < 4.78 is 5.07. The van der Waals surface area contributed by atoms with Crippen molar-refractivity contribution in [2.75, 3.05) is 25.0 Å². The van der Waals surface area contributed by atoms with Crippen molar-refractivity contribution in [1.82, 2.24) is 15.0 Å². The van der Waals surface area contributed by atoms with Gasteiger partial charge in [-0.2, -0.15) is 4.98 Å². The Bertz CT molecular complexity index is 403. The van der Waals surface area contributed by atoms with E-state index < -0.39 is 0 Å². The molecule has 18 heavy (non-hydrogen) atoms. The molecule has 6 nitrogen and oxygen atoms in total. The SMILES string of the molecule is CC(C)c1noc(NCCCN2CCCC2=O)n1. The molecule has 0 aliphatic carbocycles. The van der Waals surface area contributed by atoms with Crippen LogP contribution in [0.15, 0.2) is 4.52 Å². The molecule has 6 heteroatoms. The van der Waals surface area contributed by atoms with Crippen molar-refractivity contribution in [2.24, 2.45) is 0 Å². The zero-order valence-corrected chi connectivity index (χ0v) is 11.0. The average Bonchev–Trinajstić information content (AvgIpc) is 2.94. The number of carbonyl (C=O) groups excluding carboxylic acids is 1. The Labute approximate surface area is 107 Å². The summed E-state index contributed by atoms with van der Waals surface area (Å²) in [6.45, 7) is 6.48. The Balaban J connectivity index is 1.67. The minimum atomic E-state index is 0.270. The molecule has 0 aromatic carbocycles. The van der Waals surface area contributed by atoms with Crippen LogP contribution >= 0.6 is 0 Å². The van der Waals surface area contributed by atoms with Gasteiger partial charge in [0.05, 0.1) is 0 Å². The van der Waals surface area contributed by atoms with E-state index in [9.17, 15) is 4.79 Å². The number of aromatic nitrogens is 2. The van der Waals surface area contributed by atoms with Crippen molar-refractivity contribution >= 4 is 11.9 Å². The number of anilines is 1. The van der Waals surface area contributed by atoms with E-state index in [0.717, 1.165) is 32.5 Å². The Hall–Kier alpha value is -1.59. The zero-order valence-electron chi connectivity index (χ0n) is 11.0. The first-order valence-corrected chi connectivity index (χ1v) is 6.52. The number of rotatable bonds is 6. The average molecular weight is 252 g/mol. The Kier molecular flexibility index (Phi) is 4.17. The van der Waals surface area contributed by atoms with Crippen molar-refractivity contribution < 1.29 is 9.32 Å². The van der Waals surface area contributed by atoms with Crippen LogP contribution in [0, 0.1) is 0 Å². The first-order valence-electron chi connectivity index (χ1n) is 6.52. The van der Waals surface area contributed by atoms with Gasteiger partial charge in [-0.15, -0.1) is 0 Å². The van der Waals surface area contributed by atoms with Crippen molar-refractivity contribution in [3.63, 3.8) is 0 Å². The zero-order chi connectivity index (χ0) is 13.0. The van der Waals surface area contributed by atoms with E-state index in [1.165, 1.54) is 0 Å². The number of amides is 1. The van der Waals surface area contributed by atoms with Gasteiger partial charge in [-0.3, -0.25) is 4.79 Å². The standard InChI is InChI=1S/C12H20N4O2/c1-9(2)11-14-12(18-15-11)13-6-4-8-16-7-3-5-10(16)17/h9H,3-8H2,1-2H3,(H,13,14,15). The molecule has 1 aromatic rings. The lowest BCUT2D eigenvalue weighted by molar-refractivity contribution is -0.127. The molecule has 1 N–H and O–H groups in total. The second kappa shape index (κ2) is 5.84. The monoisotopic (exact) mass is 252 g/mol. The van der Waals surface area contributed by atoms with Crippen LogP contribution in [0.5, 0.6) is 0 Å². The maximum absolute atomic E-state index is 11.4. The number of likely N-dealkylation sites (tertiary alicyclic amines) is 1. The van der Waals surface area contributed by atoms with Crippen molar-refractivity contribution in [3.8, 4) is 0 Å². The second-order valence-electron chi connectivity index (χ2n) is 4.88. The van der Waals surface area contributed by atoms with Crippen LogP contribution in [-0.2, 0) is 4.79 Å². The number of nitrogens with zero attached hydrogens (tertiary/aromatic N) is 3. The Morgan fingerprint density at radius 3 is 2.94 bits per heavy atom. The summed E-state index contributed by atoms with van der Waals surface area (Å²) in [6.07, 6.45) is 2.59. The van der Waals surface area contributed by atoms with Crippen molar-refractivity contribution in [2.45, 2.75) is 39.0 Å². The molecule has 1 aliphatic heterocycles. The molecule has 0 atom stereocenters. The van der Waals surface area contributed by atoms with Crippen LogP contribution in [0.25, 0.3) is 0 Å². The summed E-state index contributed by atoms with van der Waals surface area (Å²) in [5.41, 5.74) is 0. The van der Waals surface area contributed by atoms with E-state index in [1.54, 1.807) is 0 Å². The molecule has 1 aliphatic rings. The molecule has 2 heterocycles. The number of nitrogens with one attached hydrogen (secondary N) is 1. The summed E-state index contributed by atoms with van der Waals surface area (Å²) in [6, 6.07) is 0.464. The smallest absolute Gasteiger partial charge is 0.321 e. The van der Waals surface area contributed by atoms with Gasteiger partial charge in [-0.1, -0.05) is 19.0 Å². The molecule has 1 fully saturated rings. The summed E-state index contributed by atoms with van der Waals surface area (Å²) in [4.78, 5) is 17.5. The lowest BCUT2D eigenvalue weighted by atomic mass is 10.2. The minimum absolute atomic E-state index is 0.270. The number of carbonyl (C=O) groups is 1. The normalized spacial score (nSPS) is 15.7. The van der Waals surface area contributed by atoms with Crippen LogP contribution in [0.1, 0.15) is 44.9 Å². The van der Waals surface area contributed by atoms with Gasteiger partial charge in [0.1, 0.15) is 0 Å². The van der Waals surface area contributed by atoms with Gasteiger partial charge in [-0.05, 0) is 12.8 Å². The molecule has 1 aromatic heterocycles. The van der Waals surface area contributed by atoms with Gasteiger partial charge in [-0.25, -0.2) is 0 Å². The van der Waals surface area contributed by atoms with Crippen LogP contribution in [0.4, 0.5) is 6.01 Å². The summed E-state index contributed by atoms with van der Waals surface area (Å²) in [5.74, 6) is 1.26. The molecule has 0 unspecified atom stereocenters. The molecule has 0 radical (unpaired) electrons. The molecule has 1 amide bonds. The van der Waals surface area contributed by atoms with E-state index >= 15 is 0 Å². The predicted molar refractivity (Wildman–Crippen MR) is 67.3 cm³/mol. The highest BCUT2D eigenvalue weighted by Crippen LogP contribution is 2.13. The highest BCUT2D eigenvalue weighted by Gasteiger charge is 2.19. The molecule has 1 saturated heterocycles. The first kappa shape index (κ1) is 12.9. The lowest BCUT2D eigenvalue weighted by Crippen LogP contribution is -2.26. The molecular weight excluding hydrogens is 232 g/mol. The van der Waals surface area contributed by atoms with Gasteiger partial charge >= 0.3 is 6.01 Å². The Morgan fingerprint density at radius 2 is 2.33 bits per heavy atom. The maximum Gasteiger partial charge on any atom is 0.321 e. The summed E-state index contributed by atoms with van der Waals surface area (Å²) >= 11 is 0. The van der Waals surface area contributed by atoms with Gasteiger partial charge in [0.25, 0.3) is 0 Å². The van der Waals surface area contributed by atoms with E-state index in [-0.39, 0.29) is 11.8 Å². The van der Waals surface area contributed by atoms with Crippen LogP contribution < -0.4 is 5.32 Å². The second-order valence-corrected chi connectivity index (χ2v) is 4.88. The largest absolute Gasteiger partial charge is 0.343 e. The van der Waals surface area contributed by atoms with Crippen LogP contribution in [-0.4, -0.2) is 40.6 Å². The third-order valence-corrected chi connectivity index (χ3v) is 3.01. The Morgan fingerprint density at radius 1 is 1.50 bits per heavy atom. The third-order valence-electron chi connectivity index (χ3n) is 3.01. The number of hydrogen-bond donors (Lipinski definition) is 1. The van der Waals surface area contributed by atoms with E-state index in [0.29, 0.717) is 18.3 Å². The third kappa shape index (κ3) is 3.21. The molecule has 100 valence electrons. The molecular formula is C12H20N4O2.